The van der Waals surface area contributed by atoms with Gasteiger partial charge in [-0.05, 0) is 46.7 Å². The SMILES string of the molecule is Cc1ccc(I)c(OCc2ccccc2)c1F. The van der Waals surface area contributed by atoms with E-state index in [2.05, 4.69) is 22.6 Å². The molecule has 2 rings (SSSR count). The van der Waals surface area contributed by atoms with Gasteiger partial charge in [0.1, 0.15) is 6.61 Å². The molecule has 0 fully saturated rings. The average molecular weight is 342 g/mol. The molecule has 0 aliphatic carbocycles. The maximum Gasteiger partial charge on any atom is 0.169 e. The Morgan fingerprint density at radius 1 is 1.12 bits per heavy atom. The van der Waals surface area contributed by atoms with Gasteiger partial charge in [-0.3, -0.25) is 0 Å². The Labute approximate surface area is 114 Å². The number of hydrogen-bond donors (Lipinski definition) is 0. The van der Waals surface area contributed by atoms with Gasteiger partial charge in [0.05, 0.1) is 3.57 Å². The number of rotatable bonds is 3. The Kier molecular flexibility index (Phi) is 3.99. The molecule has 88 valence electrons. The molecular formula is C14H12FIO. The number of aryl methyl sites for hydroxylation is 1. The van der Waals surface area contributed by atoms with Crippen molar-refractivity contribution in [3.05, 3.63) is 63.0 Å². The molecule has 1 nitrogen and oxygen atoms in total. The molecule has 0 aliphatic rings. The van der Waals surface area contributed by atoms with Gasteiger partial charge in [0.2, 0.25) is 0 Å². The summed E-state index contributed by atoms with van der Waals surface area (Å²) in [6, 6.07) is 13.4. The van der Waals surface area contributed by atoms with Crippen LogP contribution in [0.5, 0.6) is 5.75 Å². The fourth-order valence-corrected chi connectivity index (χ4v) is 2.07. The van der Waals surface area contributed by atoms with Crippen molar-refractivity contribution in [2.24, 2.45) is 0 Å². The molecule has 0 aliphatic heterocycles. The highest BCUT2D eigenvalue weighted by Crippen LogP contribution is 2.27. The third-order valence-corrected chi connectivity index (χ3v) is 3.32. The first-order valence-corrected chi connectivity index (χ1v) is 6.37. The molecule has 0 saturated heterocycles. The second-order valence-corrected chi connectivity index (χ2v) is 4.94. The first kappa shape index (κ1) is 12.4. The number of halogens is 2. The van der Waals surface area contributed by atoms with Gasteiger partial charge in [-0.25, -0.2) is 4.39 Å². The van der Waals surface area contributed by atoms with Crippen molar-refractivity contribution in [1.29, 1.82) is 0 Å². The van der Waals surface area contributed by atoms with Crippen LogP contribution in [0.2, 0.25) is 0 Å². The zero-order chi connectivity index (χ0) is 12.3. The largest absolute Gasteiger partial charge is 0.485 e. The summed E-state index contributed by atoms with van der Waals surface area (Å²) in [4.78, 5) is 0. The average Bonchev–Trinajstić information content (AvgIpc) is 2.35. The Hall–Kier alpha value is -1.10. The lowest BCUT2D eigenvalue weighted by Gasteiger charge is -2.10. The Morgan fingerprint density at radius 2 is 1.82 bits per heavy atom. The molecule has 0 aromatic heterocycles. The van der Waals surface area contributed by atoms with Crippen LogP contribution in [0.15, 0.2) is 42.5 Å². The van der Waals surface area contributed by atoms with Crippen LogP contribution in [0.4, 0.5) is 4.39 Å². The van der Waals surface area contributed by atoms with Gasteiger partial charge in [0.15, 0.2) is 11.6 Å². The Balaban J connectivity index is 2.17. The van der Waals surface area contributed by atoms with Crippen molar-refractivity contribution in [1.82, 2.24) is 0 Å². The summed E-state index contributed by atoms with van der Waals surface area (Å²) in [5, 5.41) is 0. The van der Waals surface area contributed by atoms with E-state index in [4.69, 9.17) is 4.74 Å². The van der Waals surface area contributed by atoms with E-state index in [0.29, 0.717) is 17.9 Å². The summed E-state index contributed by atoms with van der Waals surface area (Å²) in [6.07, 6.45) is 0. The van der Waals surface area contributed by atoms with Crippen LogP contribution in [0.25, 0.3) is 0 Å². The molecule has 0 unspecified atom stereocenters. The van der Waals surface area contributed by atoms with E-state index in [-0.39, 0.29) is 5.82 Å². The molecule has 0 spiro atoms. The zero-order valence-electron chi connectivity index (χ0n) is 9.41. The summed E-state index contributed by atoms with van der Waals surface area (Å²) in [5.74, 6) is 0.0716. The minimum atomic E-state index is -0.271. The van der Waals surface area contributed by atoms with Crippen LogP contribution in [0.3, 0.4) is 0 Å². The second-order valence-electron chi connectivity index (χ2n) is 3.78. The van der Waals surface area contributed by atoms with Crippen LogP contribution in [-0.4, -0.2) is 0 Å². The zero-order valence-corrected chi connectivity index (χ0v) is 11.6. The fourth-order valence-electron chi connectivity index (χ4n) is 1.49. The van der Waals surface area contributed by atoms with E-state index in [9.17, 15) is 4.39 Å². The molecule has 0 saturated carbocycles. The summed E-state index contributed by atoms with van der Waals surface area (Å²) in [5.41, 5.74) is 1.64. The van der Waals surface area contributed by atoms with E-state index in [1.807, 2.05) is 36.4 Å². The van der Waals surface area contributed by atoms with Gasteiger partial charge < -0.3 is 4.74 Å². The maximum atomic E-state index is 13.8. The van der Waals surface area contributed by atoms with E-state index in [1.165, 1.54) is 0 Å². The van der Waals surface area contributed by atoms with Crippen LogP contribution in [-0.2, 0) is 6.61 Å². The van der Waals surface area contributed by atoms with E-state index in [0.717, 1.165) is 9.13 Å². The van der Waals surface area contributed by atoms with E-state index >= 15 is 0 Å². The van der Waals surface area contributed by atoms with E-state index in [1.54, 1.807) is 13.0 Å². The van der Waals surface area contributed by atoms with Crippen LogP contribution in [0.1, 0.15) is 11.1 Å². The molecule has 0 bridgehead atoms. The highest BCUT2D eigenvalue weighted by molar-refractivity contribution is 14.1. The van der Waals surface area contributed by atoms with Gasteiger partial charge in [0.25, 0.3) is 0 Å². The van der Waals surface area contributed by atoms with Gasteiger partial charge >= 0.3 is 0 Å². The molecule has 17 heavy (non-hydrogen) atoms. The Bertz CT molecular complexity index is 511. The third kappa shape index (κ3) is 2.97. The lowest BCUT2D eigenvalue weighted by atomic mass is 10.2. The monoisotopic (exact) mass is 342 g/mol. The number of hydrogen-bond acceptors (Lipinski definition) is 1. The predicted molar refractivity (Wildman–Crippen MR) is 74.6 cm³/mol. The van der Waals surface area contributed by atoms with Gasteiger partial charge in [-0.1, -0.05) is 36.4 Å². The molecule has 0 N–H and O–H groups in total. The minimum absolute atomic E-state index is 0.271. The molecule has 0 radical (unpaired) electrons. The normalized spacial score (nSPS) is 10.3. The standard InChI is InChI=1S/C14H12FIO/c1-10-7-8-12(16)14(13(10)15)17-9-11-5-3-2-4-6-11/h2-8H,9H2,1H3. The van der Waals surface area contributed by atoms with Gasteiger partial charge in [0, 0.05) is 0 Å². The van der Waals surface area contributed by atoms with Gasteiger partial charge in [-0.2, -0.15) is 0 Å². The second kappa shape index (κ2) is 5.49. The van der Waals surface area contributed by atoms with Crippen molar-refractivity contribution >= 4 is 22.6 Å². The summed E-state index contributed by atoms with van der Waals surface area (Å²) in [6.45, 7) is 2.12. The summed E-state index contributed by atoms with van der Waals surface area (Å²) in [7, 11) is 0. The summed E-state index contributed by atoms with van der Waals surface area (Å²) < 4.78 is 20.2. The van der Waals surface area contributed by atoms with Crippen LogP contribution >= 0.6 is 22.6 Å². The molecule has 0 amide bonds. The molecule has 2 aromatic carbocycles. The lowest BCUT2D eigenvalue weighted by molar-refractivity contribution is 0.287. The Morgan fingerprint density at radius 3 is 2.53 bits per heavy atom. The van der Waals surface area contributed by atoms with Crippen molar-refractivity contribution in [3.63, 3.8) is 0 Å². The van der Waals surface area contributed by atoms with Crippen molar-refractivity contribution in [2.45, 2.75) is 13.5 Å². The van der Waals surface area contributed by atoms with E-state index < -0.39 is 0 Å². The topological polar surface area (TPSA) is 9.23 Å². The first-order chi connectivity index (χ1) is 8.18. The molecule has 0 heterocycles. The molecular weight excluding hydrogens is 330 g/mol. The maximum absolute atomic E-state index is 13.8. The molecule has 3 heteroatoms. The minimum Gasteiger partial charge on any atom is -0.485 e. The summed E-state index contributed by atoms with van der Waals surface area (Å²) >= 11 is 2.08. The lowest BCUT2D eigenvalue weighted by Crippen LogP contribution is -2.00. The first-order valence-electron chi connectivity index (χ1n) is 5.30. The third-order valence-electron chi connectivity index (χ3n) is 2.47. The highest BCUT2D eigenvalue weighted by atomic mass is 127. The number of benzene rings is 2. The number of ether oxygens (including phenoxy) is 1. The quantitative estimate of drug-likeness (QED) is 0.755. The molecule has 2 aromatic rings. The van der Waals surface area contributed by atoms with Crippen LogP contribution < -0.4 is 4.74 Å². The van der Waals surface area contributed by atoms with Gasteiger partial charge in [-0.15, -0.1) is 0 Å². The predicted octanol–water partition coefficient (Wildman–Crippen LogP) is 4.32. The van der Waals surface area contributed by atoms with Crippen LogP contribution in [0, 0.1) is 16.3 Å². The highest BCUT2D eigenvalue weighted by Gasteiger charge is 2.10. The fraction of sp³-hybridized carbons (Fsp3) is 0.143. The van der Waals surface area contributed by atoms with Crippen molar-refractivity contribution in [3.8, 4) is 5.75 Å². The molecule has 0 atom stereocenters. The van der Waals surface area contributed by atoms with Crippen molar-refractivity contribution in [2.75, 3.05) is 0 Å². The van der Waals surface area contributed by atoms with Crippen molar-refractivity contribution < 1.29 is 9.13 Å². The smallest absolute Gasteiger partial charge is 0.169 e.